The summed E-state index contributed by atoms with van der Waals surface area (Å²) in [5, 5.41) is 2.06. The molecule has 4 nitrogen and oxygen atoms in total. The van der Waals surface area contributed by atoms with Gasteiger partial charge in [0.2, 0.25) is 0 Å². The van der Waals surface area contributed by atoms with Crippen LogP contribution >= 0.6 is 11.3 Å². The first kappa shape index (κ1) is 15.1. The van der Waals surface area contributed by atoms with Gasteiger partial charge in [-0.05, 0) is 25.1 Å². The van der Waals surface area contributed by atoms with E-state index in [1.54, 1.807) is 23.5 Å². The van der Waals surface area contributed by atoms with Crippen molar-refractivity contribution in [2.45, 2.75) is 13.5 Å². The fourth-order valence-corrected chi connectivity index (χ4v) is 3.22. The molecule has 0 aliphatic carbocycles. The number of benzene rings is 1. The van der Waals surface area contributed by atoms with E-state index in [0.717, 1.165) is 38.4 Å². The van der Waals surface area contributed by atoms with Crippen molar-refractivity contribution in [2.75, 3.05) is 31.1 Å². The van der Waals surface area contributed by atoms with E-state index in [1.807, 2.05) is 10.4 Å². The first-order valence-corrected chi connectivity index (χ1v) is 8.22. The number of thiazole rings is 1. The zero-order valence-electron chi connectivity index (χ0n) is 12.5. The van der Waals surface area contributed by atoms with Gasteiger partial charge < -0.3 is 4.90 Å². The third-order valence-electron chi connectivity index (χ3n) is 3.94. The smallest absolute Gasteiger partial charge is 0.159 e. The van der Waals surface area contributed by atoms with E-state index < -0.39 is 0 Å². The number of ketones is 1. The molecule has 0 radical (unpaired) electrons. The lowest BCUT2D eigenvalue weighted by Crippen LogP contribution is -2.46. The van der Waals surface area contributed by atoms with Crippen LogP contribution in [0, 0.1) is 5.82 Å². The summed E-state index contributed by atoms with van der Waals surface area (Å²) in [6, 6.07) is 4.74. The minimum absolute atomic E-state index is 0.112. The van der Waals surface area contributed by atoms with Crippen molar-refractivity contribution in [1.82, 2.24) is 9.88 Å². The van der Waals surface area contributed by atoms with Crippen LogP contribution in [0.4, 0.5) is 10.1 Å². The average Bonchev–Trinajstić information content (AvgIpc) is 3.01. The fraction of sp³-hybridized carbons (Fsp3) is 0.375. The molecule has 0 N–H and O–H groups in total. The van der Waals surface area contributed by atoms with E-state index in [1.165, 1.54) is 13.0 Å². The minimum Gasteiger partial charge on any atom is -0.367 e. The van der Waals surface area contributed by atoms with Gasteiger partial charge in [0.15, 0.2) is 5.78 Å². The number of aromatic nitrogens is 1. The lowest BCUT2D eigenvalue weighted by molar-refractivity contribution is 0.101. The Labute approximate surface area is 133 Å². The molecular formula is C16H18FN3OS. The standard InChI is InChI=1S/C16H18FN3OS/c1-12(21)13-2-3-16(15(17)8-13)20-6-4-19(5-7-20)9-14-10-22-11-18-14/h2-3,8,10-11H,4-7,9H2,1H3. The van der Waals surface area contributed by atoms with Crippen LogP contribution in [0.2, 0.25) is 0 Å². The van der Waals surface area contributed by atoms with Crippen molar-refractivity contribution >= 4 is 22.8 Å². The summed E-state index contributed by atoms with van der Waals surface area (Å²) in [6.45, 7) is 5.62. The van der Waals surface area contributed by atoms with Crippen molar-refractivity contribution in [3.63, 3.8) is 0 Å². The van der Waals surface area contributed by atoms with Crippen LogP contribution in [0.5, 0.6) is 0 Å². The fourth-order valence-electron chi connectivity index (χ4n) is 2.67. The quantitative estimate of drug-likeness (QED) is 0.812. The van der Waals surface area contributed by atoms with Gasteiger partial charge in [-0.15, -0.1) is 11.3 Å². The van der Waals surface area contributed by atoms with Crippen molar-refractivity contribution in [1.29, 1.82) is 0 Å². The normalized spacial score (nSPS) is 16.0. The summed E-state index contributed by atoms with van der Waals surface area (Å²) in [5.74, 6) is -0.431. The molecule has 0 amide bonds. The van der Waals surface area contributed by atoms with Gasteiger partial charge in [-0.3, -0.25) is 9.69 Å². The van der Waals surface area contributed by atoms with Crippen LogP contribution in [0.15, 0.2) is 29.1 Å². The van der Waals surface area contributed by atoms with Gasteiger partial charge in [0.25, 0.3) is 0 Å². The molecule has 116 valence electrons. The molecule has 0 saturated carbocycles. The molecule has 3 rings (SSSR count). The molecule has 2 heterocycles. The van der Waals surface area contributed by atoms with Gasteiger partial charge in [-0.2, -0.15) is 0 Å². The molecule has 1 aromatic carbocycles. The van der Waals surface area contributed by atoms with Gasteiger partial charge in [-0.25, -0.2) is 9.37 Å². The van der Waals surface area contributed by atoms with Crippen LogP contribution < -0.4 is 4.90 Å². The maximum atomic E-state index is 14.2. The van der Waals surface area contributed by atoms with Gasteiger partial charge >= 0.3 is 0 Å². The third kappa shape index (κ3) is 3.34. The van der Waals surface area contributed by atoms with Crippen molar-refractivity contribution in [3.8, 4) is 0 Å². The Morgan fingerprint density at radius 2 is 2.09 bits per heavy atom. The van der Waals surface area contributed by atoms with Crippen LogP contribution in [0.3, 0.4) is 0 Å². The number of halogens is 1. The highest BCUT2D eigenvalue weighted by Gasteiger charge is 2.20. The van der Waals surface area contributed by atoms with Crippen molar-refractivity contribution in [3.05, 3.63) is 46.2 Å². The third-order valence-corrected chi connectivity index (χ3v) is 4.57. The van der Waals surface area contributed by atoms with Crippen LogP contribution in [0.1, 0.15) is 23.0 Å². The molecule has 1 aliphatic heterocycles. The van der Waals surface area contributed by atoms with Crippen LogP contribution in [-0.4, -0.2) is 41.8 Å². The predicted molar refractivity (Wildman–Crippen MR) is 86.0 cm³/mol. The number of hydrogen-bond donors (Lipinski definition) is 0. The Kier molecular flexibility index (Phi) is 4.49. The molecule has 22 heavy (non-hydrogen) atoms. The highest BCUT2D eigenvalue weighted by atomic mass is 32.1. The number of carbonyl (C=O) groups excluding carboxylic acids is 1. The first-order chi connectivity index (χ1) is 10.6. The molecule has 6 heteroatoms. The number of anilines is 1. The Bertz CT molecular complexity index is 651. The lowest BCUT2D eigenvalue weighted by Gasteiger charge is -2.36. The molecule has 2 aromatic rings. The van der Waals surface area contributed by atoms with E-state index in [4.69, 9.17) is 0 Å². The van der Waals surface area contributed by atoms with Gasteiger partial charge in [0.05, 0.1) is 16.9 Å². The molecule has 1 fully saturated rings. The second-order valence-corrected chi connectivity index (χ2v) is 6.18. The molecule has 1 saturated heterocycles. The van der Waals surface area contributed by atoms with E-state index >= 15 is 0 Å². The van der Waals surface area contributed by atoms with Crippen LogP contribution in [-0.2, 0) is 6.54 Å². The largest absolute Gasteiger partial charge is 0.367 e. The molecule has 1 aliphatic rings. The SMILES string of the molecule is CC(=O)c1ccc(N2CCN(Cc3cscn3)CC2)c(F)c1. The summed E-state index contributed by atoms with van der Waals surface area (Å²) >= 11 is 1.61. The average molecular weight is 319 g/mol. The molecule has 0 atom stereocenters. The zero-order valence-corrected chi connectivity index (χ0v) is 13.3. The molecule has 0 spiro atoms. The van der Waals surface area contributed by atoms with Crippen molar-refractivity contribution < 1.29 is 9.18 Å². The topological polar surface area (TPSA) is 36.4 Å². The highest BCUT2D eigenvalue weighted by Crippen LogP contribution is 2.22. The van der Waals surface area contributed by atoms with Gasteiger partial charge in [0.1, 0.15) is 5.82 Å². The number of carbonyl (C=O) groups is 1. The Balaban J connectivity index is 1.62. The van der Waals surface area contributed by atoms with Crippen LogP contribution in [0.25, 0.3) is 0 Å². The Morgan fingerprint density at radius 1 is 1.32 bits per heavy atom. The predicted octanol–water partition coefficient (Wildman–Crippen LogP) is 2.81. The molecule has 1 aromatic heterocycles. The molecule has 0 unspecified atom stereocenters. The summed E-state index contributed by atoms with van der Waals surface area (Å²) in [4.78, 5) is 20.0. The molecular weight excluding hydrogens is 301 g/mol. The summed E-state index contributed by atoms with van der Waals surface area (Å²) < 4.78 is 14.2. The number of nitrogens with zero attached hydrogens (tertiary/aromatic N) is 3. The number of rotatable bonds is 4. The number of Topliss-reactive ketones (excluding diaryl/α,β-unsaturated/α-hetero) is 1. The second kappa shape index (κ2) is 6.54. The number of piperazine rings is 1. The minimum atomic E-state index is -0.319. The molecule has 0 bridgehead atoms. The van der Waals surface area contributed by atoms with Gasteiger partial charge in [-0.1, -0.05) is 0 Å². The summed E-state index contributed by atoms with van der Waals surface area (Å²) in [7, 11) is 0. The number of hydrogen-bond acceptors (Lipinski definition) is 5. The maximum Gasteiger partial charge on any atom is 0.159 e. The van der Waals surface area contributed by atoms with E-state index in [0.29, 0.717) is 11.3 Å². The van der Waals surface area contributed by atoms with Gasteiger partial charge in [0, 0.05) is 43.7 Å². The first-order valence-electron chi connectivity index (χ1n) is 7.28. The monoisotopic (exact) mass is 319 g/mol. The van der Waals surface area contributed by atoms with E-state index in [2.05, 4.69) is 15.3 Å². The second-order valence-electron chi connectivity index (χ2n) is 5.47. The Morgan fingerprint density at radius 3 is 2.68 bits per heavy atom. The summed E-state index contributed by atoms with van der Waals surface area (Å²) in [6.07, 6.45) is 0. The highest BCUT2D eigenvalue weighted by molar-refractivity contribution is 7.07. The lowest BCUT2D eigenvalue weighted by atomic mass is 10.1. The van der Waals surface area contributed by atoms with E-state index in [9.17, 15) is 9.18 Å². The van der Waals surface area contributed by atoms with Crippen molar-refractivity contribution in [2.24, 2.45) is 0 Å². The maximum absolute atomic E-state index is 14.2. The Hall–Kier alpha value is -1.79. The zero-order chi connectivity index (χ0) is 15.5. The summed E-state index contributed by atoms with van der Waals surface area (Å²) in [5.41, 5.74) is 3.94. The van der Waals surface area contributed by atoms with E-state index in [-0.39, 0.29) is 11.6 Å².